The van der Waals surface area contributed by atoms with Gasteiger partial charge >= 0.3 is 5.82 Å². The summed E-state index contributed by atoms with van der Waals surface area (Å²) in [5, 5.41) is 18.3. The Morgan fingerprint density at radius 1 is 0.833 bits per heavy atom. The second-order valence-electron chi connectivity index (χ2n) is 9.19. The van der Waals surface area contributed by atoms with E-state index in [-0.39, 0.29) is 12.4 Å². The zero-order valence-corrected chi connectivity index (χ0v) is 21.7. The van der Waals surface area contributed by atoms with Crippen molar-refractivity contribution in [1.29, 1.82) is 0 Å². The lowest BCUT2D eigenvalue weighted by atomic mass is 10.2. The zero-order chi connectivity index (χ0) is 24.0. The molecule has 1 aromatic carbocycles. The predicted octanol–water partition coefficient (Wildman–Crippen LogP) is 1.10. The maximum atomic E-state index is 4.59. The molecule has 0 N–H and O–H groups in total. The third-order valence-electron chi connectivity index (χ3n) is 6.68. The molecule has 5 rings (SSSR count). The summed E-state index contributed by atoms with van der Waals surface area (Å²) in [5.74, 6) is 1.25. The molecule has 2 saturated heterocycles. The van der Waals surface area contributed by atoms with Crippen molar-refractivity contribution >= 4 is 23.0 Å². The van der Waals surface area contributed by atoms with Gasteiger partial charge in [-0.15, -0.1) is 10.2 Å². The standard InChI is InChI=1S/C27H33N8.ClH/c1-32-18-12-23(34-14-6-7-15-34)20-25(32)28-30-27(22-10-4-3-5-11-22)31-29-26-21-24(13-19-33(26)2)35-16-8-9-17-35;/h3-5,10-13,18-21H,6-9,14-17H2,1-2H3;1H/q+1;/p-1. The van der Waals surface area contributed by atoms with E-state index >= 15 is 0 Å². The van der Waals surface area contributed by atoms with Crippen LogP contribution in [-0.4, -0.2) is 36.6 Å². The highest BCUT2D eigenvalue weighted by Gasteiger charge is 2.17. The number of nitrogens with zero attached hydrogens (tertiary/aromatic N) is 8. The summed E-state index contributed by atoms with van der Waals surface area (Å²) in [6, 6.07) is 18.4. The van der Waals surface area contributed by atoms with Crippen LogP contribution in [0.4, 0.5) is 17.2 Å². The molecular weight excluding hydrogens is 472 g/mol. The fourth-order valence-electron chi connectivity index (χ4n) is 4.56. The molecule has 2 aliphatic heterocycles. The summed E-state index contributed by atoms with van der Waals surface area (Å²) in [5.41, 5.74) is 4.02. The molecule has 36 heavy (non-hydrogen) atoms. The molecular formula is C27H33ClN8. The third kappa shape index (κ3) is 5.99. The lowest BCUT2D eigenvalue weighted by Crippen LogP contribution is -3.00. The Balaban J connectivity index is 0.00000304. The van der Waals surface area contributed by atoms with Crippen LogP contribution in [0.25, 0.3) is 0 Å². The molecule has 3 aromatic rings. The maximum absolute atomic E-state index is 4.59. The minimum Gasteiger partial charge on any atom is -1.00 e. The molecule has 8 nitrogen and oxygen atoms in total. The monoisotopic (exact) mass is 504 g/mol. The van der Waals surface area contributed by atoms with E-state index in [1.807, 2.05) is 66.0 Å². The summed E-state index contributed by atoms with van der Waals surface area (Å²) in [7, 11) is 3.96. The van der Waals surface area contributed by atoms with Crippen LogP contribution >= 0.6 is 0 Å². The molecule has 0 aliphatic carbocycles. The second-order valence-corrected chi connectivity index (χ2v) is 9.19. The largest absolute Gasteiger partial charge is 1.00 e. The van der Waals surface area contributed by atoms with Gasteiger partial charge in [-0.3, -0.25) is 0 Å². The number of aromatic nitrogens is 2. The second kappa shape index (κ2) is 11.9. The molecule has 0 amide bonds. The molecule has 0 radical (unpaired) electrons. The molecule has 0 bridgehead atoms. The molecule has 188 valence electrons. The van der Waals surface area contributed by atoms with Crippen LogP contribution in [0, 0.1) is 0 Å². The number of halogens is 1. The summed E-state index contributed by atoms with van der Waals surface area (Å²) < 4.78 is 3.95. The molecule has 9 heteroatoms. The van der Waals surface area contributed by atoms with Crippen molar-refractivity contribution in [3.63, 3.8) is 0 Å². The lowest BCUT2D eigenvalue weighted by Gasteiger charge is -2.17. The van der Waals surface area contributed by atoms with Gasteiger partial charge in [0.25, 0.3) is 0 Å². The number of amidine groups is 1. The van der Waals surface area contributed by atoms with Gasteiger partial charge in [0.05, 0.1) is 24.4 Å². The van der Waals surface area contributed by atoms with Gasteiger partial charge in [-0.2, -0.15) is 0 Å². The Labute approximate surface area is 218 Å². The van der Waals surface area contributed by atoms with E-state index in [4.69, 9.17) is 0 Å². The van der Waals surface area contributed by atoms with Gasteiger partial charge < -0.3 is 26.8 Å². The Hall–Kier alpha value is -3.52. The molecule has 2 fully saturated rings. The van der Waals surface area contributed by atoms with Crippen LogP contribution in [0.5, 0.6) is 0 Å². The van der Waals surface area contributed by atoms with E-state index < -0.39 is 0 Å². The van der Waals surface area contributed by atoms with Gasteiger partial charge in [0.15, 0.2) is 5.49 Å². The molecule has 2 aromatic heterocycles. The smallest absolute Gasteiger partial charge is 0.352 e. The number of rotatable bonds is 5. The van der Waals surface area contributed by atoms with Crippen LogP contribution in [0.15, 0.2) is 87.4 Å². The summed E-state index contributed by atoms with van der Waals surface area (Å²) in [6.07, 6.45) is 9.02. The van der Waals surface area contributed by atoms with Gasteiger partial charge in [0.1, 0.15) is 0 Å². The highest BCUT2D eigenvalue weighted by Crippen LogP contribution is 2.22. The summed E-state index contributed by atoms with van der Waals surface area (Å²) in [4.78, 5) is 4.79. The number of azo groups is 1. The Bertz CT molecular complexity index is 1290. The Morgan fingerprint density at radius 2 is 1.47 bits per heavy atom. The normalized spacial score (nSPS) is 16.7. The highest BCUT2D eigenvalue weighted by atomic mass is 35.5. The summed E-state index contributed by atoms with van der Waals surface area (Å²) in [6.45, 7) is 4.36. The van der Waals surface area contributed by atoms with Crippen molar-refractivity contribution in [1.82, 2.24) is 4.57 Å². The number of hydrogen-bond donors (Lipinski definition) is 0. The molecule has 4 heterocycles. The van der Waals surface area contributed by atoms with E-state index in [9.17, 15) is 0 Å². The predicted molar refractivity (Wildman–Crippen MR) is 139 cm³/mol. The first-order valence-electron chi connectivity index (χ1n) is 12.4. The fraction of sp³-hybridized carbons (Fsp3) is 0.370. The van der Waals surface area contributed by atoms with Crippen LogP contribution in [0.3, 0.4) is 0 Å². The Kier molecular flexibility index (Phi) is 8.48. The van der Waals surface area contributed by atoms with Crippen molar-refractivity contribution in [3.8, 4) is 0 Å². The van der Waals surface area contributed by atoms with Gasteiger partial charge in [0, 0.05) is 68.5 Å². The lowest BCUT2D eigenvalue weighted by molar-refractivity contribution is -0.658. The van der Waals surface area contributed by atoms with E-state index in [1.165, 1.54) is 37.1 Å². The maximum Gasteiger partial charge on any atom is 0.352 e. The zero-order valence-electron chi connectivity index (χ0n) is 21.0. The molecule has 0 atom stereocenters. The topological polar surface area (TPSA) is 64.7 Å². The van der Waals surface area contributed by atoms with Crippen molar-refractivity contribution in [2.24, 2.45) is 34.5 Å². The average Bonchev–Trinajstić information content (AvgIpc) is 3.62. The van der Waals surface area contributed by atoms with Crippen LogP contribution in [0.1, 0.15) is 31.2 Å². The van der Waals surface area contributed by atoms with Gasteiger partial charge in [-0.1, -0.05) is 30.3 Å². The molecule has 0 saturated carbocycles. The number of aryl methyl sites for hydroxylation is 2. The minimum atomic E-state index is 0. The Morgan fingerprint density at radius 3 is 2.14 bits per heavy atom. The number of anilines is 2. The third-order valence-corrected chi connectivity index (χ3v) is 6.68. The van der Waals surface area contributed by atoms with Crippen LogP contribution < -0.4 is 32.3 Å². The number of pyridine rings is 2. The number of hydrogen-bond acceptors (Lipinski definition) is 5. The van der Waals surface area contributed by atoms with Crippen LogP contribution in [0.2, 0.25) is 0 Å². The van der Waals surface area contributed by atoms with Gasteiger partial charge in [-0.05, 0) is 36.9 Å². The molecule has 0 spiro atoms. The number of benzene rings is 1. The van der Waals surface area contributed by atoms with Crippen molar-refractivity contribution in [3.05, 3.63) is 78.0 Å². The SMILES string of the molecule is Cn1ccc(N2CCCC2)cc1=NN=C(N=Nc1cc(N2CCCC2)cc[n+]1C)c1ccccc1.[Cl-]. The van der Waals surface area contributed by atoms with Gasteiger partial charge in [0.2, 0.25) is 5.84 Å². The van der Waals surface area contributed by atoms with Crippen LogP contribution in [-0.2, 0) is 14.1 Å². The molecule has 2 aliphatic rings. The minimum absolute atomic E-state index is 0. The van der Waals surface area contributed by atoms with Crippen molar-refractivity contribution in [2.75, 3.05) is 36.0 Å². The highest BCUT2D eigenvalue weighted by molar-refractivity contribution is 5.99. The van der Waals surface area contributed by atoms with Crippen molar-refractivity contribution in [2.45, 2.75) is 25.7 Å². The quantitative estimate of drug-likeness (QED) is 0.172. The first-order valence-corrected chi connectivity index (χ1v) is 12.4. The van der Waals surface area contributed by atoms with Gasteiger partial charge in [-0.25, -0.2) is 4.57 Å². The average molecular weight is 505 g/mol. The summed E-state index contributed by atoms with van der Waals surface area (Å²) >= 11 is 0. The van der Waals surface area contributed by atoms with Crippen molar-refractivity contribution < 1.29 is 17.0 Å². The molecule has 0 unspecified atom stereocenters. The first-order chi connectivity index (χ1) is 17.2. The van der Waals surface area contributed by atoms with E-state index in [1.54, 1.807) is 0 Å². The fourth-order valence-corrected chi connectivity index (χ4v) is 4.56. The van der Waals surface area contributed by atoms with E-state index in [0.29, 0.717) is 5.84 Å². The van der Waals surface area contributed by atoms with E-state index in [0.717, 1.165) is 43.0 Å². The van der Waals surface area contributed by atoms with E-state index in [2.05, 4.69) is 54.5 Å². The first kappa shape index (κ1) is 25.6.